The smallest absolute Gasteiger partial charge is 0.251 e. The molecule has 134 valence electrons. The van der Waals surface area contributed by atoms with E-state index >= 15 is 0 Å². The normalized spacial score (nSPS) is 12.4. The third-order valence-electron chi connectivity index (χ3n) is 4.27. The van der Waals surface area contributed by atoms with Gasteiger partial charge in [-0.05, 0) is 47.7 Å². The molecule has 0 aliphatic carbocycles. The van der Waals surface area contributed by atoms with Crippen molar-refractivity contribution in [3.05, 3.63) is 59.2 Å². The van der Waals surface area contributed by atoms with Crippen molar-refractivity contribution >= 4 is 5.91 Å². The van der Waals surface area contributed by atoms with Crippen molar-refractivity contribution in [2.75, 3.05) is 14.2 Å². The molecule has 0 unspecified atom stereocenters. The minimum atomic E-state index is -0.144. The first-order chi connectivity index (χ1) is 11.8. The molecule has 0 radical (unpaired) electrons. The topological polar surface area (TPSA) is 47.6 Å². The van der Waals surface area contributed by atoms with E-state index in [0.717, 1.165) is 5.56 Å². The van der Waals surface area contributed by atoms with Crippen LogP contribution in [0, 0.1) is 0 Å². The number of carbonyl (C=O) groups excluding carboxylic acids is 1. The first-order valence-electron chi connectivity index (χ1n) is 8.39. The molecule has 25 heavy (non-hydrogen) atoms. The molecular weight excluding hydrogens is 314 g/mol. The van der Waals surface area contributed by atoms with E-state index in [-0.39, 0.29) is 17.4 Å². The average Bonchev–Trinajstić information content (AvgIpc) is 2.60. The predicted molar refractivity (Wildman–Crippen MR) is 101 cm³/mol. The van der Waals surface area contributed by atoms with Gasteiger partial charge in [0, 0.05) is 5.56 Å². The number of methoxy groups -OCH3 is 2. The summed E-state index contributed by atoms with van der Waals surface area (Å²) in [7, 11) is 3.20. The molecule has 0 aliphatic heterocycles. The van der Waals surface area contributed by atoms with E-state index in [1.165, 1.54) is 5.56 Å². The minimum Gasteiger partial charge on any atom is -0.493 e. The molecule has 0 fully saturated rings. The third-order valence-corrected chi connectivity index (χ3v) is 4.27. The molecule has 4 nitrogen and oxygen atoms in total. The minimum absolute atomic E-state index is 0.0714. The molecule has 0 aromatic heterocycles. The number of carbonyl (C=O) groups is 1. The Balaban J connectivity index is 2.12. The van der Waals surface area contributed by atoms with Crippen LogP contribution in [0.2, 0.25) is 0 Å². The molecule has 2 rings (SSSR count). The van der Waals surface area contributed by atoms with Gasteiger partial charge in [-0.3, -0.25) is 4.79 Å². The number of hydrogen-bond donors (Lipinski definition) is 1. The second-order valence-corrected chi connectivity index (χ2v) is 7.14. The van der Waals surface area contributed by atoms with Crippen molar-refractivity contribution < 1.29 is 14.3 Å². The fourth-order valence-corrected chi connectivity index (χ4v) is 2.61. The maximum Gasteiger partial charge on any atom is 0.251 e. The molecule has 0 saturated heterocycles. The zero-order valence-electron chi connectivity index (χ0n) is 15.8. The van der Waals surface area contributed by atoms with E-state index in [2.05, 4.69) is 26.1 Å². The van der Waals surface area contributed by atoms with Gasteiger partial charge in [0.15, 0.2) is 11.5 Å². The Morgan fingerprint density at radius 1 is 0.960 bits per heavy atom. The van der Waals surface area contributed by atoms with Crippen LogP contribution in [0.3, 0.4) is 0 Å². The van der Waals surface area contributed by atoms with E-state index < -0.39 is 0 Å². The Labute approximate surface area is 150 Å². The number of benzene rings is 2. The highest BCUT2D eigenvalue weighted by molar-refractivity contribution is 5.94. The molecule has 1 N–H and O–H groups in total. The number of nitrogens with one attached hydrogen (secondary N) is 1. The fourth-order valence-electron chi connectivity index (χ4n) is 2.61. The van der Waals surface area contributed by atoms with Gasteiger partial charge in [-0.2, -0.15) is 0 Å². The number of rotatable bonds is 5. The van der Waals surface area contributed by atoms with Gasteiger partial charge in [0.25, 0.3) is 5.91 Å². The summed E-state index contributed by atoms with van der Waals surface area (Å²) in [5, 5.41) is 3.02. The van der Waals surface area contributed by atoms with Gasteiger partial charge in [0.2, 0.25) is 0 Å². The summed E-state index contributed by atoms with van der Waals surface area (Å²) in [5.41, 5.74) is 2.89. The summed E-state index contributed by atoms with van der Waals surface area (Å²) in [6.45, 7) is 8.41. The molecule has 4 heteroatoms. The summed E-state index contributed by atoms with van der Waals surface area (Å²) in [6.07, 6.45) is 0. The van der Waals surface area contributed by atoms with E-state index in [1.807, 2.05) is 49.4 Å². The molecule has 0 aliphatic rings. The van der Waals surface area contributed by atoms with Crippen molar-refractivity contribution in [2.45, 2.75) is 39.2 Å². The molecule has 0 heterocycles. The Morgan fingerprint density at radius 3 is 2.08 bits per heavy atom. The standard InChI is InChI=1S/C21H27NO3/c1-14(16-9-12-18(24-5)19(13-16)25-6)22-20(23)15-7-10-17(11-8-15)21(2,3)4/h7-14H,1-6H3,(H,22,23)/t14-/m1/s1. The lowest BCUT2D eigenvalue weighted by Gasteiger charge is -2.20. The van der Waals surface area contributed by atoms with Gasteiger partial charge >= 0.3 is 0 Å². The van der Waals surface area contributed by atoms with Crippen molar-refractivity contribution in [2.24, 2.45) is 0 Å². The summed E-state index contributed by atoms with van der Waals surface area (Å²) in [6, 6.07) is 13.3. The lowest BCUT2D eigenvalue weighted by molar-refractivity contribution is 0.0939. The third kappa shape index (κ3) is 4.53. The lowest BCUT2D eigenvalue weighted by atomic mass is 9.86. The lowest BCUT2D eigenvalue weighted by Crippen LogP contribution is -2.26. The Kier molecular flexibility index (Phi) is 5.73. The van der Waals surface area contributed by atoms with Gasteiger partial charge in [0.05, 0.1) is 20.3 Å². The predicted octanol–water partition coefficient (Wildman–Crippen LogP) is 4.49. The van der Waals surface area contributed by atoms with Gasteiger partial charge in [-0.1, -0.05) is 39.0 Å². The highest BCUT2D eigenvalue weighted by Crippen LogP contribution is 2.30. The summed E-state index contributed by atoms with van der Waals surface area (Å²) >= 11 is 0. The van der Waals surface area contributed by atoms with Crippen LogP contribution < -0.4 is 14.8 Å². The molecule has 0 saturated carbocycles. The van der Waals surface area contributed by atoms with E-state index in [4.69, 9.17) is 9.47 Å². The SMILES string of the molecule is COc1ccc([C@@H](C)NC(=O)c2ccc(C(C)(C)C)cc2)cc1OC. The van der Waals surface area contributed by atoms with Crippen LogP contribution in [-0.2, 0) is 5.41 Å². The van der Waals surface area contributed by atoms with Crippen LogP contribution in [0.15, 0.2) is 42.5 Å². The number of ether oxygens (including phenoxy) is 2. The largest absolute Gasteiger partial charge is 0.493 e. The van der Waals surface area contributed by atoms with Crippen molar-refractivity contribution in [1.82, 2.24) is 5.32 Å². The van der Waals surface area contributed by atoms with Crippen LogP contribution in [0.5, 0.6) is 11.5 Å². The molecular formula is C21H27NO3. The van der Waals surface area contributed by atoms with Crippen LogP contribution in [0.1, 0.15) is 55.2 Å². The molecule has 2 aromatic carbocycles. The summed E-state index contributed by atoms with van der Waals surface area (Å²) < 4.78 is 10.6. The molecule has 0 bridgehead atoms. The monoisotopic (exact) mass is 341 g/mol. The highest BCUT2D eigenvalue weighted by Gasteiger charge is 2.16. The van der Waals surface area contributed by atoms with Crippen LogP contribution >= 0.6 is 0 Å². The first kappa shape index (κ1) is 18.8. The first-order valence-corrected chi connectivity index (χ1v) is 8.39. The van der Waals surface area contributed by atoms with Gasteiger partial charge in [-0.25, -0.2) is 0 Å². The van der Waals surface area contributed by atoms with E-state index in [1.54, 1.807) is 14.2 Å². The Morgan fingerprint density at radius 2 is 1.56 bits per heavy atom. The second kappa shape index (κ2) is 7.60. The summed E-state index contributed by atoms with van der Waals surface area (Å²) in [5.74, 6) is 1.22. The average molecular weight is 341 g/mol. The Hall–Kier alpha value is -2.49. The van der Waals surface area contributed by atoms with E-state index in [9.17, 15) is 4.79 Å². The van der Waals surface area contributed by atoms with Crippen molar-refractivity contribution in [3.8, 4) is 11.5 Å². The van der Waals surface area contributed by atoms with Gasteiger partial charge in [-0.15, -0.1) is 0 Å². The van der Waals surface area contributed by atoms with Crippen LogP contribution in [0.4, 0.5) is 0 Å². The molecule has 2 aromatic rings. The maximum absolute atomic E-state index is 12.5. The zero-order valence-corrected chi connectivity index (χ0v) is 15.8. The maximum atomic E-state index is 12.5. The molecule has 1 amide bonds. The van der Waals surface area contributed by atoms with E-state index in [0.29, 0.717) is 17.1 Å². The van der Waals surface area contributed by atoms with Gasteiger partial charge in [0.1, 0.15) is 0 Å². The fraction of sp³-hybridized carbons (Fsp3) is 0.381. The molecule has 0 spiro atoms. The Bertz CT molecular complexity index is 730. The second-order valence-electron chi connectivity index (χ2n) is 7.14. The van der Waals surface area contributed by atoms with Crippen molar-refractivity contribution in [1.29, 1.82) is 0 Å². The highest BCUT2D eigenvalue weighted by atomic mass is 16.5. The quantitative estimate of drug-likeness (QED) is 0.871. The van der Waals surface area contributed by atoms with Crippen molar-refractivity contribution in [3.63, 3.8) is 0 Å². The number of hydrogen-bond acceptors (Lipinski definition) is 3. The molecule has 1 atom stereocenters. The van der Waals surface area contributed by atoms with Crippen LogP contribution in [-0.4, -0.2) is 20.1 Å². The summed E-state index contributed by atoms with van der Waals surface area (Å²) in [4.78, 5) is 12.5. The van der Waals surface area contributed by atoms with Crippen LogP contribution in [0.25, 0.3) is 0 Å². The van der Waals surface area contributed by atoms with Gasteiger partial charge < -0.3 is 14.8 Å². The number of amides is 1. The zero-order chi connectivity index (χ0) is 18.6.